The van der Waals surface area contributed by atoms with Crippen LogP contribution in [0.3, 0.4) is 0 Å². The fourth-order valence-corrected chi connectivity index (χ4v) is 3.21. The van der Waals surface area contributed by atoms with E-state index in [1.165, 1.54) is 11.1 Å². The van der Waals surface area contributed by atoms with Gasteiger partial charge in [0.1, 0.15) is 0 Å². The molecule has 0 unspecified atom stereocenters. The summed E-state index contributed by atoms with van der Waals surface area (Å²) in [5, 5.41) is 0. The molecule has 1 heteroatoms. The van der Waals surface area contributed by atoms with Crippen molar-refractivity contribution in [3.63, 3.8) is 0 Å². The van der Waals surface area contributed by atoms with Crippen LogP contribution in [0, 0.1) is 0 Å². The fourth-order valence-electron chi connectivity index (χ4n) is 3.21. The van der Waals surface area contributed by atoms with Gasteiger partial charge in [0, 0.05) is 5.56 Å². The third-order valence-electron chi connectivity index (χ3n) is 4.15. The van der Waals surface area contributed by atoms with Gasteiger partial charge in [-0.3, -0.25) is 4.79 Å². The van der Waals surface area contributed by atoms with Crippen LogP contribution in [0.2, 0.25) is 0 Å². The van der Waals surface area contributed by atoms with Gasteiger partial charge < -0.3 is 0 Å². The van der Waals surface area contributed by atoms with Crippen LogP contribution in [0.25, 0.3) is 11.1 Å². The van der Waals surface area contributed by atoms with E-state index in [1.54, 1.807) is 0 Å². The molecular weight excluding hydrogens is 256 g/mol. The van der Waals surface area contributed by atoms with Crippen LogP contribution in [0.5, 0.6) is 0 Å². The summed E-state index contributed by atoms with van der Waals surface area (Å²) in [6.07, 6.45) is 0. The van der Waals surface area contributed by atoms with Crippen molar-refractivity contribution in [2.45, 2.75) is 5.92 Å². The highest BCUT2D eigenvalue weighted by molar-refractivity contribution is 6.07. The molecule has 0 atom stereocenters. The van der Waals surface area contributed by atoms with Gasteiger partial charge in [0.15, 0.2) is 5.78 Å². The van der Waals surface area contributed by atoms with E-state index >= 15 is 0 Å². The molecule has 0 aliphatic heterocycles. The van der Waals surface area contributed by atoms with E-state index < -0.39 is 0 Å². The average Bonchev–Trinajstić information content (AvgIpc) is 2.90. The van der Waals surface area contributed by atoms with Gasteiger partial charge in [-0.2, -0.15) is 0 Å². The molecule has 100 valence electrons. The normalized spacial score (nSPS) is 12.8. The molecule has 0 aromatic heterocycles. The highest BCUT2D eigenvalue weighted by Gasteiger charge is 2.33. The Bertz CT molecular complexity index is 773. The first kappa shape index (κ1) is 12.1. The van der Waals surface area contributed by atoms with Crippen LogP contribution in [0.4, 0.5) is 0 Å². The van der Waals surface area contributed by atoms with Gasteiger partial charge in [0.2, 0.25) is 0 Å². The van der Waals surface area contributed by atoms with E-state index in [2.05, 4.69) is 24.3 Å². The molecule has 1 aliphatic carbocycles. The molecule has 1 nitrogen and oxygen atoms in total. The molecule has 1 aliphatic rings. The second-order valence-electron chi connectivity index (χ2n) is 5.34. The van der Waals surface area contributed by atoms with Crippen molar-refractivity contribution in [1.82, 2.24) is 0 Å². The predicted octanol–water partition coefficient (Wildman–Crippen LogP) is 4.68. The SMILES string of the molecule is O=C(c1ccccc1)C1c2ccccc2-c2ccccc21. The van der Waals surface area contributed by atoms with Crippen LogP contribution in [-0.2, 0) is 0 Å². The number of benzene rings is 3. The minimum atomic E-state index is -0.181. The van der Waals surface area contributed by atoms with Gasteiger partial charge in [-0.25, -0.2) is 0 Å². The van der Waals surface area contributed by atoms with Crippen LogP contribution < -0.4 is 0 Å². The molecule has 0 N–H and O–H groups in total. The quantitative estimate of drug-likeness (QED) is 0.618. The lowest BCUT2D eigenvalue weighted by atomic mass is 9.89. The van der Waals surface area contributed by atoms with Crippen molar-refractivity contribution in [2.24, 2.45) is 0 Å². The first-order valence-corrected chi connectivity index (χ1v) is 7.14. The van der Waals surface area contributed by atoms with E-state index in [0.717, 1.165) is 16.7 Å². The molecule has 0 spiro atoms. The minimum Gasteiger partial charge on any atom is -0.293 e. The second kappa shape index (κ2) is 4.71. The molecule has 0 bridgehead atoms. The van der Waals surface area contributed by atoms with Crippen molar-refractivity contribution in [1.29, 1.82) is 0 Å². The summed E-state index contributed by atoms with van der Waals surface area (Å²) >= 11 is 0. The predicted molar refractivity (Wildman–Crippen MR) is 84.5 cm³/mol. The van der Waals surface area contributed by atoms with Crippen molar-refractivity contribution in [3.05, 3.63) is 95.6 Å². The van der Waals surface area contributed by atoms with Gasteiger partial charge in [0.25, 0.3) is 0 Å². The molecule has 3 aromatic carbocycles. The minimum absolute atomic E-state index is 0.174. The highest BCUT2D eigenvalue weighted by Crippen LogP contribution is 2.45. The average molecular weight is 270 g/mol. The molecule has 0 saturated heterocycles. The van der Waals surface area contributed by atoms with Gasteiger partial charge in [0.05, 0.1) is 5.92 Å². The number of hydrogen-bond acceptors (Lipinski definition) is 1. The van der Waals surface area contributed by atoms with Crippen molar-refractivity contribution >= 4 is 5.78 Å². The molecule has 0 radical (unpaired) electrons. The third-order valence-corrected chi connectivity index (χ3v) is 4.15. The molecule has 0 heterocycles. The second-order valence-corrected chi connectivity index (χ2v) is 5.34. The highest BCUT2D eigenvalue weighted by atomic mass is 16.1. The van der Waals surface area contributed by atoms with Gasteiger partial charge in [-0.15, -0.1) is 0 Å². The maximum Gasteiger partial charge on any atom is 0.174 e. The summed E-state index contributed by atoms with van der Waals surface area (Å²) in [4.78, 5) is 13.0. The number of hydrogen-bond donors (Lipinski definition) is 0. The van der Waals surface area contributed by atoms with Crippen LogP contribution >= 0.6 is 0 Å². The largest absolute Gasteiger partial charge is 0.293 e. The summed E-state index contributed by atoms with van der Waals surface area (Å²) in [6, 6.07) is 26.0. The van der Waals surface area contributed by atoms with Crippen molar-refractivity contribution in [2.75, 3.05) is 0 Å². The monoisotopic (exact) mass is 270 g/mol. The Morgan fingerprint density at radius 1 is 0.619 bits per heavy atom. The Labute approximate surface area is 123 Å². The number of rotatable bonds is 2. The molecular formula is C20H14O. The summed E-state index contributed by atoms with van der Waals surface area (Å²) < 4.78 is 0. The lowest BCUT2D eigenvalue weighted by Gasteiger charge is -2.12. The first-order chi connectivity index (χ1) is 10.4. The number of ketones is 1. The molecule has 0 amide bonds. The van der Waals surface area contributed by atoms with Crippen LogP contribution in [-0.4, -0.2) is 5.78 Å². The first-order valence-electron chi connectivity index (χ1n) is 7.14. The lowest BCUT2D eigenvalue weighted by molar-refractivity contribution is 0.0975. The van der Waals surface area contributed by atoms with Gasteiger partial charge in [-0.1, -0.05) is 78.9 Å². The molecule has 0 saturated carbocycles. The number of carbonyl (C=O) groups is 1. The Hall–Kier alpha value is -2.67. The van der Waals surface area contributed by atoms with E-state index in [4.69, 9.17) is 0 Å². The summed E-state index contributed by atoms with van der Waals surface area (Å²) in [6.45, 7) is 0. The summed E-state index contributed by atoms with van der Waals surface area (Å²) in [5.74, 6) is -0.00667. The van der Waals surface area contributed by atoms with E-state index in [-0.39, 0.29) is 11.7 Å². The number of fused-ring (bicyclic) bond motifs is 3. The fraction of sp³-hybridized carbons (Fsp3) is 0.0500. The molecule has 21 heavy (non-hydrogen) atoms. The van der Waals surface area contributed by atoms with Crippen molar-refractivity contribution in [3.8, 4) is 11.1 Å². The Morgan fingerprint density at radius 3 is 1.67 bits per heavy atom. The summed E-state index contributed by atoms with van der Waals surface area (Å²) in [7, 11) is 0. The van der Waals surface area contributed by atoms with Crippen molar-refractivity contribution < 1.29 is 4.79 Å². The standard InChI is InChI=1S/C20H14O/c21-20(14-8-2-1-3-9-14)19-17-12-6-4-10-15(17)16-11-5-7-13-18(16)19/h1-13,19H. The zero-order chi connectivity index (χ0) is 14.2. The maximum absolute atomic E-state index is 13.0. The third kappa shape index (κ3) is 1.82. The van der Waals surface area contributed by atoms with E-state index in [1.807, 2.05) is 54.6 Å². The van der Waals surface area contributed by atoms with Gasteiger partial charge >= 0.3 is 0 Å². The Kier molecular flexibility index (Phi) is 2.71. The van der Waals surface area contributed by atoms with E-state index in [0.29, 0.717) is 0 Å². The zero-order valence-electron chi connectivity index (χ0n) is 11.5. The number of carbonyl (C=O) groups excluding carboxylic acids is 1. The lowest BCUT2D eigenvalue weighted by Crippen LogP contribution is -2.11. The van der Waals surface area contributed by atoms with Crippen LogP contribution in [0.1, 0.15) is 27.4 Å². The Morgan fingerprint density at radius 2 is 1.10 bits per heavy atom. The van der Waals surface area contributed by atoms with Crippen LogP contribution in [0.15, 0.2) is 78.9 Å². The zero-order valence-corrected chi connectivity index (χ0v) is 11.5. The van der Waals surface area contributed by atoms with Gasteiger partial charge in [-0.05, 0) is 22.3 Å². The smallest absolute Gasteiger partial charge is 0.174 e. The maximum atomic E-state index is 13.0. The molecule has 4 rings (SSSR count). The molecule has 3 aromatic rings. The number of Topliss-reactive ketones (excluding diaryl/α,β-unsaturated/α-hetero) is 1. The molecule has 0 fully saturated rings. The summed E-state index contributed by atoms with van der Waals surface area (Å²) in [5.41, 5.74) is 5.37. The van der Waals surface area contributed by atoms with E-state index in [9.17, 15) is 4.79 Å². The Balaban J connectivity index is 1.91. The topological polar surface area (TPSA) is 17.1 Å².